The van der Waals surface area contributed by atoms with Crippen LogP contribution >= 0.6 is 0 Å². The van der Waals surface area contributed by atoms with Gasteiger partial charge in [-0.05, 0) is 38.5 Å². The Morgan fingerprint density at radius 1 is 1.20 bits per heavy atom. The van der Waals surface area contributed by atoms with Gasteiger partial charge < -0.3 is 9.32 Å². The number of hydrogen-bond acceptors (Lipinski definition) is 3. The van der Waals surface area contributed by atoms with E-state index in [0.29, 0.717) is 23.4 Å². The molecule has 4 heteroatoms. The van der Waals surface area contributed by atoms with Gasteiger partial charge in [-0.1, -0.05) is 18.2 Å². The Labute approximate surface area is 117 Å². The molecular weight excluding hydrogens is 254 g/mol. The third-order valence-electron chi connectivity index (χ3n) is 3.18. The summed E-state index contributed by atoms with van der Waals surface area (Å²) < 4.78 is 5.04. The van der Waals surface area contributed by atoms with Crippen molar-refractivity contribution in [1.82, 2.24) is 0 Å². The zero-order valence-electron chi connectivity index (χ0n) is 11.8. The molecule has 2 rings (SSSR count). The third kappa shape index (κ3) is 2.64. The first-order valence-electron chi connectivity index (χ1n) is 6.53. The number of carbonyl (C=O) groups excluding carboxylic acids is 1. The van der Waals surface area contributed by atoms with E-state index in [2.05, 4.69) is 0 Å². The number of rotatable bonds is 3. The average Bonchev–Trinajstić information content (AvgIpc) is 2.39. The molecule has 1 heterocycles. The molecule has 0 N–H and O–H groups in total. The Bertz CT molecular complexity index is 648. The van der Waals surface area contributed by atoms with E-state index in [4.69, 9.17) is 4.42 Å². The fourth-order valence-electron chi connectivity index (χ4n) is 2.26. The van der Waals surface area contributed by atoms with Crippen LogP contribution in [0.5, 0.6) is 0 Å². The predicted molar refractivity (Wildman–Crippen MR) is 78.2 cm³/mol. The summed E-state index contributed by atoms with van der Waals surface area (Å²) >= 11 is 0. The summed E-state index contributed by atoms with van der Waals surface area (Å²) in [6, 6.07) is 10.8. The summed E-state index contributed by atoms with van der Waals surface area (Å²) in [5.41, 5.74) is 1.48. The molecule has 0 atom stereocenters. The molecule has 20 heavy (non-hydrogen) atoms. The van der Waals surface area contributed by atoms with Crippen molar-refractivity contribution in [2.24, 2.45) is 0 Å². The average molecular weight is 271 g/mol. The second-order valence-electron chi connectivity index (χ2n) is 4.56. The van der Waals surface area contributed by atoms with Crippen molar-refractivity contribution >= 4 is 11.6 Å². The molecule has 1 aromatic carbocycles. The maximum absolute atomic E-state index is 12.7. The van der Waals surface area contributed by atoms with Gasteiger partial charge in [0, 0.05) is 18.3 Å². The fourth-order valence-corrected chi connectivity index (χ4v) is 2.26. The molecule has 0 unspecified atom stereocenters. The zero-order chi connectivity index (χ0) is 14.7. The Morgan fingerprint density at radius 3 is 2.40 bits per heavy atom. The topological polar surface area (TPSA) is 50.5 Å². The summed E-state index contributed by atoms with van der Waals surface area (Å²) in [6.07, 6.45) is 0. The van der Waals surface area contributed by atoms with Crippen LogP contribution in [0.15, 0.2) is 45.6 Å². The standard InChI is InChI=1S/C16H17NO3/c1-4-17(13-8-6-5-7-9-13)16(19)15-11(2)10-14(18)20-12(15)3/h5-10H,4H2,1-3H3. The highest BCUT2D eigenvalue weighted by atomic mass is 16.4. The van der Waals surface area contributed by atoms with Gasteiger partial charge in [0.1, 0.15) is 5.76 Å². The van der Waals surface area contributed by atoms with Crippen LogP contribution in [0, 0.1) is 13.8 Å². The van der Waals surface area contributed by atoms with Crippen LogP contribution in [0.2, 0.25) is 0 Å². The van der Waals surface area contributed by atoms with E-state index in [1.54, 1.807) is 18.7 Å². The minimum absolute atomic E-state index is 0.155. The normalized spacial score (nSPS) is 10.3. The lowest BCUT2D eigenvalue weighted by atomic mass is 10.1. The van der Waals surface area contributed by atoms with Crippen molar-refractivity contribution in [3.63, 3.8) is 0 Å². The van der Waals surface area contributed by atoms with E-state index < -0.39 is 5.63 Å². The lowest BCUT2D eigenvalue weighted by molar-refractivity contribution is 0.0984. The van der Waals surface area contributed by atoms with Gasteiger partial charge in [0.2, 0.25) is 0 Å². The lowest BCUT2D eigenvalue weighted by Gasteiger charge is -2.22. The highest BCUT2D eigenvalue weighted by Crippen LogP contribution is 2.19. The van der Waals surface area contributed by atoms with E-state index in [1.165, 1.54) is 6.07 Å². The molecule has 0 aliphatic rings. The van der Waals surface area contributed by atoms with Crippen LogP contribution in [-0.2, 0) is 0 Å². The summed E-state index contributed by atoms with van der Waals surface area (Å²) in [5, 5.41) is 0. The molecule has 0 saturated heterocycles. The first kappa shape index (κ1) is 14.1. The van der Waals surface area contributed by atoms with Crippen LogP contribution in [0.25, 0.3) is 0 Å². The molecule has 1 amide bonds. The highest BCUT2D eigenvalue weighted by molar-refractivity contribution is 6.07. The number of para-hydroxylation sites is 1. The van der Waals surface area contributed by atoms with Crippen LogP contribution in [0.3, 0.4) is 0 Å². The molecule has 4 nitrogen and oxygen atoms in total. The van der Waals surface area contributed by atoms with Gasteiger partial charge in [-0.2, -0.15) is 0 Å². The van der Waals surface area contributed by atoms with Crippen molar-refractivity contribution in [2.45, 2.75) is 20.8 Å². The van der Waals surface area contributed by atoms with Crippen LogP contribution in [-0.4, -0.2) is 12.5 Å². The van der Waals surface area contributed by atoms with E-state index in [-0.39, 0.29) is 5.91 Å². The lowest BCUT2D eigenvalue weighted by Crippen LogP contribution is -2.32. The number of anilines is 1. The zero-order valence-corrected chi connectivity index (χ0v) is 11.8. The largest absolute Gasteiger partial charge is 0.427 e. The van der Waals surface area contributed by atoms with Crippen LogP contribution < -0.4 is 10.5 Å². The Morgan fingerprint density at radius 2 is 1.85 bits per heavy atom. The first-order chi connectivity index (χ1) is 9.54. The SMILES string of the molecule is CCN(C(=O)c1c(C)cc(=O)oc1C)c1ccccc1. The second-order valence-corrected chi connectivity index (χ2v) is 4.56. The second kappa shape index (κ2) is 5.74. The van der Waals surface area contributed by atoms with Crippen molar-refractivity contribution < 1.29 is 9.21 Å². The number of hydrogen-bond donors (Lipinski definition) is 0. The van der Waals surface area contributed by atoms with Gasteiger partial charge in [-0.25, -0.2) is 4.79 Å². The maximum Gasteiger partial charge on any atom is 0.336 e. The van der Waals surface area contributed by atoms with E-state index in [0.717, 1.165) is 5.69 Å². The van der Waals surface area contributed by atoms with E-state index in [9.17, 15) is 9.59 Å². The number of carbonyl (C=O) groups is 1. The Hall–Kier alpha value is -2.36. The van der Waals surface area contributed by atoms with Crippen molar-refractivity contribution in [3.8, 4) is 0 Å². The van der Waals surface area contributed by atoms with Crippen LogP contribution in [0.1, 0.15) is 28.6 Å². The van der Waals surface area contributed by atoms with Gasteiger partial charge in [-0.15, -0.1) is 0 Å². The molecule has 104 valence electrons. The van der Waals surface area contributed by atoms with Crippen molar-refractivity contribution in [2.75, 3.05) is 11.4 Å². The number of nitrogens with zero attached hydrogens (tertiary/aromatic N) is 1. The minimum Gasteiger partial charge on any atom is -0.427 e. The highest BCUT2D eigenvalue weighted by Gasteiger charge is 2.21. The summed E-state index contributed by atoms with van der Waals surface area (Å²) in [4.78, 5) is 25.7. The van der Waals surface area contributed by atoms with Gasteiger partial charge in [0.25, 0.3) is 5.91 Å². The predicted octanol–water partition coefficient (Wildman–Crippen LogP) is 2.92. The quantitative estimate of drug-likeness (QED) is 0.862. The van der Waals surface area contributed by atoms with Gasteiger partial charge in [0.05, 0.1) is 5.56 Å². The number of aryl methyl sites for hydroxylation is 2. The molecule has 0 spiro atoms. The molecule has 0 aliphatic heterocycles. The maximum atomic E-state index is 12.7. The van der Waals surface area contributed by atoms with Gasteiger partial charge >= 0.3 is 5.63 Å². The smallest absolute Gasteiger partial charge is 0.336 e. The minimum atomic E-state index is -0.431. The summed E-state index contributed by atoms with van der Waals surface area (Å²) in [5.74, 6) is 0.201. The molecule has 0 saturated carbocycles. The van der Waals surface area contributed by atoms with Crippen molar-refractivity contribution in [3.05, 3.63) is 63.7 Å². The molecular formula is C16H17NO3. The Kier molecular flexibility index (Phi) is 4.03. The van der Waals surface area contributed by atoms with E-state index in [1.807, 2.05) is 37.3 Å². The first-order valence-corrected chi connectivity index (χ1v) is 6.53. The van der Waals surface area contributed by atoms with Gasteiger partial charge in [-0.3, -0.25) is 4.79 Å². The monoisotopic (exact) mass is 271 g/mol. The summed E-state index contributed by atoms with van der Waals surface area (Å²) in [6.45, 7) is 5.84. The van der Waals surface area contributed by atoms with Gasteiger partial charge in [0.15, 0.2) is 0 Å². The molecule has 0 fully saturated rings. The van der Waals surface area contributed by atoms with E-state index >= 15 is 0 Å². The molecule has 0 aliphatic carbocycles. The Balaban J connectivity index is 2.47. The molecule has 1 aromatic heterocycles. The van der Waals surface area contributed by atoms with Crippen LogP contribution in [0.4, 0.5) is 5.69 Å². The molecule has 0 radical (unpaired) electrons. The third-order valence-corrected chi connectivity index (χ3v) is 3.18. The molecule has 0 bridgehead atoms. The number of benzene rings is 1. The molecule has 2 aromatic rings. The fraction of sp³-hybridized carbons (Fsp3) is 0.250. The summed E-state index contributed by atoms with van der Waals surface area (Å²) in [7, 11) is 0. The van der Waals surface area contributed by atoms with Crippen molar-refractivity contribution in [1.29, 1.82) is 0 Å². The number of amides is 1.